The molecule has 3 aromatic rings. The third-order valence-corrected chi connectivity index (χ3v) is 3.52. The summed E-state index contributed by atoms with van der Waals surface area (Å²) in [6.07, 6.45) is 1.48. The second-order valence-corrected chi connectivity index (χ2v) is 5.19. The molecule has 0 N–H and O–H groups in total. The smallest absolute Gasteiger partial charge is 0.345 e. The average Bonchev–Trinajstić information content (AvgIpc) is 2.83. The Balaban J connectivity index is 2.43. The molecule has 114 valence electrons. The van der Waals surface area contributed by atoms with E-state index in [0.717, 1.165) is 16.6 Å². The molecular formula is C15H16N4O3. The van der Waals surface area contributed by atoms with Crippen molar-refractivity contribution in [1.29, 1.82) is 0 Å². The number of nitrogens with zero attached hydrogens (tertiary/aromatic N) is 4. The molecule has 0 aliphatic carbocycles. The highest BCUT2D eigenvalue weighted by atomic mass is 16.5. The topological polar surface area (TPSA) is 78.5 Å². The summed E-state index contributed by atoms with van der Waals surface area (Å²) in [5, 5.41) is 5.07. The fraction of sp³-hybridized carbons (Fsp3) is 0.333. The number of aryl methyl sites for hydroxylation is 3. The number of rotatable bonds is 2. The van der Waals surface area contributed by atoms with Gasteiger partial charge < -0.3 is 9.30 Å². The Kier molecular flexibility index (Phi) is 3.20. The third-order valence-electron chi connectivity index (χ3n) is 3.52. The molecule has 0 amide bonds. The van der Waals surface area contributed by atoms with Crippen molar-refractivity contribution in [3.8, 4) is 0 Å². The van der Waals surface area contributed by atoms with Gasteiger partial charge in [-0.05, 0) is 32.4 Å². The third kappa shape index (κ3) is 1.97. The Morgan fingerprint density at radius 2 is 2.09 bits per heavy atom. The molecule has 0 saturated heterocycles. The molecule has 0 aliphatic heterocycles. The molecule has 0 unspecified atom stereocenters. The molecule has 0 saturated carbocycles. The second-order valence-electron chi connectivity index (χ2n) is 5.19. The molecule has 7 heteroatoms. The maximum atomic E-state index is 12.5. The zero-order valence-electron chi connectivity index (χ0n) is 12.9. The molecule has 7 nitrogen and oxygen atoms in total. The first-order valence-electron chi connectivity index (χ1n) is 6.97. The highest BCUT2D eigenvalue weighted by Crippen LogP contribution is 2.21. The predicted octanol–water partition coefficient (Wildman–Crippen LogP) is 1.37. The fourth-order valence-electron chi connectivity index (χ4n) is 2.65. The number of carbonyl (C=O) groups excluding carboxylic acids is 1. The molecule has 3 rings (SSSR count). The number of carbonyl (C=O) groups is 1. The van der Waals surface area contributed by atoms with Gasteiger partial charge in [0, 0.05) is 18.9 Å². The summed E-state index contributed by atoms with van der Waals surface area (Å²) < 4.78 is 7.84. The van der Waals surface area contributed by atoms with Gasteiger partial charge in [0.1, 0.15) is 11.2 Å². The normalized spacial score (nSPS) is 11.3. The minimum atomic E-state index is -0.648. The number of hydrogen-bond donors (Lipinski definition) is 0. The van der Waals surface area contributed by atoms with E-state index in [1.54, 1.807) is 18.5 Å². The van der Waals surface area contributed by atoms with Gasteiger partial charge in [-0.1, -0.05) is 0 Å². The number of hydrogen-bond acceptors (Lipinski definition) is 5. The van der Waals surface area contributed by atoms with Crippen molar-refractivity contribution < 1.29 is 9.53 Å². The van der Waals surface area contributed by atoms with Crippen molar-refractivity contribution in [2.45, 2.75) is 20.8 Å². The summed E-state index contributed by atoms with van der Waals surface area (Å²) in [6.45, 7) is 5.72. The van der Waals surface area contributed by atoms with Crippen LogP contribution in [0.2, 0.25) is 0 Å². The molecule has 0 aliphatic rings. The van der Waals surface area contributed by atoms with Gasteiger partial charge in [0.05, 0.1) is 12.0 Å². The van der Waals surface area contributed by atoms with Gasteiger partial charge in [-0.2, -0.15) is 4.52 Å². The molecule has 0 radical (unpaired) electrons. The maximum Gasteiger partial charge on any atom is 0.345 e. The van der Waals surface area contributed by atoms with Crippen LogP contribution in [0.15, 0.2) is 17.1 Å². The number of esters is 1. The van der Waals surface area contributed by atoms with Gasteiger partial charge in [-0.25, -0.2) is 9.78 Å². The standard InChI is InChI=1S/C15H16N4O3/c1-5-22-15(21)10-7-18(4)13-11-8(2)6-9(3)16-12(11)17-19(13)14(10)20/h6-7H,5H2,1-4H3. The number of fused-ring (bicyclic) bond motifs is 3. The summed E-state index contributed by atoms with van der Waals surface area (Å²) in [7, 11) is 1.76. The Morgan fingerprint density at radius 1 is 1.36 bits per heavy atom. The van der Waals surface area contributed by atoms with Crippen molar-refractivity contribution in [3.63, 3.8) is 0 Å². The van der Waals surface area contributed by atoms with E-state index in [9.17, 15) is 9.59 Å². The first-order chi connectivity index (χ1) is 10.4. The average molecular weight is 300 g/mol. The zero-order chi connectivity index (χ0) is 16.0. The van der Waals surface area contributed by atoms with Crippen molar-refractivity contribution in [1.82, 2.24) is 19.2 Å². The van der Waals surface area contributed by atoms with E-state index < -0.39 is 11.5 Å². The van der Waals surface area contributed by atoms with Crippen LogP contribution in [0.3, 0.4) is 0 Å². The Morgan fingerprint density at radius 3 is 2.77 bits per heavy atom. The molecule has 0 bridgehead atoms. The largest absolute Gasteiger partial charge is 0.462 e. The molecule has 0 aromatic carbocycles. The van der Waals surface area contributed by atoms with E-state index in [1.165, 1.54) is 10.7 Å². The lowest BCUT2D eigenvalue weighted by Crippen LogP contribution is -2.26. The molecular weight excluding hydrogens is 284 g/mol. The summed E-state index contributed by atoms with van der Waals surface area (Å²) in [5.41, 5.74) is 2.37. The molecule has 22 heavy (non-hydrogen) atoms. The summed E-state index contributed by atoms with van der Waals surface area (Å²) in [5.74, 6) is -0.648. The van der Waals surface area contributed by atoms with Crippen molar-refractivity contribution in [2.75, 3.05) is 6.61 Å². The second kappa shape index (κ2) is 4.94. The molecule has 0 spiro atoms. The lowest BCUT2D eigenvalue weighted by molar-refractivity contribution is 0.0523. The summed E-state index contributed by atoms with van der Waals surface area (Å²) in [6, 6.07) is 1.94. The summed E-state index contributed by atoms with van der Waals surface area (Å²) in [4.78, 5) is 28.8. The SMILES string of the molecule is CCOC(=O)c1cn(C)c2c3c(C)cc(C)nc3nn2c1=O. The van der Waals surface area contributed by atoms with Gasteiger partial charge in [0.25, 0.3) is 5.56 Å². The van der Waals surface area contributed by atoms with Crippen LogP contribution in [-0.2, 0) is 11.8 Å². The lowest BCUT2D eigenvalue weighted by Gasteiger charge is -2.07. The summed E-state index contributed by atoms with van der Waals surface area (Å²) >= 11 is 0. The van der Waals surface area contributed by atoms with Crippen LogP contribution in [0, 0.1) is 13.8 Å². The van der Waals surface area contributed by atoms with Crippen molar-refractivity contribution >= 4 is 22.6 Å². The molecule has 0 atom stereocenters. The quantitative estimate of drug-likeness (QED) is 0.668. The van der Waals surface area contributed by atoms with Crippen LogP contribution < -0.4 is 5.56 Å². The first-order valence-corrected chi connectivity index (χ1v) is 6.97. The van der Waals surface area contributed by atoms with Crippen LogP contribution in [-0.4, -0.2) is 31.7 Å². The van der Waals surface area contributed by atoms with Gasteiger partial charge in [0.2, 0.25) is 0 Å². The van der Waals surface area contributed by atoms with E-state index >= 15 is 0 Å². The van der Waals surface area contributed by atoms with Crippen LogP contribution in [0.5, 0.6) is 0 Å². The monoisotopic (exact) mass is 300 g/mol. The van der Waals surface area contributed by atoms with Crippen molar-refractivity contribution in [3.05, 3.63) is 39.4 Å². The minimum Gasteiger partial charge on any atom is -0.462 e. The van der Waals surface area contributed by atoms with Gasteiger partial charge in [-0.3, -0.25) is 4.79 Å². The number of pyridine rings is 1. The van der Waals surface area contributed by atoms with E-state index in [2.05, 4.69) is 10.1 Å². The van der Waals surface area contributed by atoms with Crippen LogP contribution in [0.4, 0.5) is 0 Å². The fourth-order valence-corrected chi connectivity index (χ4v) is 2.65. The highest BCUT2D eigenvalue weighted by molar-refractivity contribution is 5.94. The van der Waals surface area contributed by atoms with Crippen LogP contribution in [0.1, 0.15) is 28.5 Å². The molecule has 3 aromatic heterocycles. The van der Waals surface area contributed by atoms with E-state index in [4.69, 9.17) is 4.74 Å². The van der Waals surface area contributed by atoms with Crippen LogP contribution in [0.25, 0.3) is 16.7 Å². The van der Waals surface area contributed by atoms with E-state index in [0.29, 0.717) is 11.3 Å². The van der Waals surface area contributed by atoms with Gasteiger partial charge in [-0.15, -0.1) is 5.10 Å². The zero-order valence-corrected chi connectivity index (χ0v) is 12.9. The Labute approximate surface area is 126 Å². The predicted molar refractivity (Wildman–Crippen MR) is 81.2 cm³/mol. The maximum absolute atomic E-state index is 12.5. The Bertz CT molecular complexity index is 968. The molecule has 0 fully saturated rings. The first kappa shape index (κ1) is 14.2. The lowest BCUT2D eigenvalue weighted by atomic mass is 10.2. The van der Waals surface area contributed by atoms with Crippen molar-refractivity contribution in [2.24, 2.45) is 7.05 Å². The van der Waals surface area contributed by atoms with Crippen LogP contribution >= 0.6 is 0 Å². The van der Waals surface area contributed by atoms with E-state index in [1.807, 2.05) is 19.9 Å². The number of aromatic nitrogens is 4. The highest BCUT2D eigenvalue weighted by Gasteiger charge is 2.20. The molecule has 3 heterocycles. The van der Waals surface area contributed by atoms with E-state index in [-0.39, 0.29) is 12.2 Å². The van der Waals surface area contributed by atoms with Gasteiger partial charge in [0.15, 0.2) is 5.65 Å². The van der Waals surface area contributed by atoms with Gasteiger partial charge >= 0.3 is 5.97 Å². The number of ether oxygens (including phenoxy) is 1. The minimum absolute atomic E-state index is 0.0426. The Hall–Kier alpha value is -2.70.